The Morgan fingerprint density at radius 1 is 0.413 bits per heavy atom. The average Bonchev–Trinajstić information content (AvgIpc) is 1.60. The first-order chi connectivity index (χ1) is 58.4. The van der Waals surface area contributed by atoms with Gasteiger partial charge >= 0.3 is 21.4 Å². The van der Waals surface area contributed by atoms with Crippen molar-refractivity contribution in [2.45, 2.75) is 198 Å². The highest BCUT2D eigenvalue weighted by atomic mass is 127. The lowest BCUT2D eigenvalue weighted by Crippen LogP contribution is -2.44. The summed E-state index contributed by atoms with van der Waals surface area (Å²) in [5, 5.41) is 22.3. The lowest BCUT2D eigenvalue weighted by molar-refractivity contribution is 0.0931. The van der Waals surface area contributed by atoms with E-state index in [1.54, 1.807) is 39.8 Å². The standard InChI is InChI=1S/C23H24FN3O4.C16H15FN2O4.C11H13FN2O.C10H10FIN2O.C10H11FN2O.C8H13NO.C6H6O3.C3H9B3O3/c1-6-13(14-8-7-11(3)31-14)25-18-19(21(29)20(18)28)26-17-12(24)9-10(2)16-15(17)22(30)27-23(16,4)5;1-6-5-7(17)10(8-9(6)16(2,3)19-15(8)22)18-11-12(20)13(21)14(11)23-4;1-5-4-6(12)9(13)7-8(5)11(2,3)14-10(7)15;1-10(2)7-5(12)3-4(11)8(13)6(7)9(15)14-10;1-10(2)5-3-4-6(11)8(12)7(5)9(14)13-10;1-3-7(9)8-5-4-6(2)10-8;1-3-4(7)5(8)6(3)9-2;1-4-7-5(2)9-6(3)8-4/h7-9,13,25-26H,6H2,1-5H3,(H,27,30);5,18H,1-4H3,(H,19,22);4H,13H2,1-3H3,(H,14,15);3H,13H2,1-2H3,(H,14,15);3-4H,12H2,1-2H3,(H,13,14);4-5,7H,3,9H2,1-2H3;1-2H3;1-3H3/t13-;;;;;7-;;/m1....1../s1. The molecule has 8 heterocycles. The minimum absolute atomic E-state index is 0.0530. The fourth-order valence-electron chi connectivity index (χ4n) is 15.8. The van der Waals surface area contributed by atoms with Crippen molar-refractivity contribution in [1.29, 1.82) is 0 Å². The van der Waals surface area contributed by atoms with Gasteiger partial charge < -0.3 is 97.5 Å². The molecule has 39 heteroatoms. The van der Waals surface area contributed by atoms with Crippen LogP contribution in [-0.2, 0) is 41.4 Å². The van der Waals surface area contributed by atoms with Crippen molar-refractivity contribution in [1.82, 2.24) is 26.6 Å². The van der Waals surface area contributed by atoms with E-state index >= 15 is 0 Å². The number of hydrogen-bond donors (Lipinski definition) is 12. The quantitative estimate of drug-likeness (QED) is 0.0178. The van der Waals surface area contributed by atoms with E-state index < -0.39 is 101 Å². The summed E-state index contributed by atoms with van der Waals surface area (Å²) in [6.07, 6.45) is 1.52. The zero-order valence-corrected chi connectivity index (χ0v) is 76.2. The van der Waals surface area contributed by atoms with Gasteiger partial charge in [-0.1, -0.05) is 19.9 Å². The Labute approximate surface area is 737 Å². The number of amides is 5. The highest BCUT2D eigenvalue weighted by Crippen LogP contribution is 2.45. The van der Waals surface area contributed by atoms with Gasteiger partial charge in [-0.2, -0.15) is 0 Å². The van der Waals surface area contributed by atoms with Crippen molar-refractivity contribution in [2.75, 3.05) is 47.4 Å². The maximum Gasteiger partial charge on any atom is 0.426 e. The summed E-state index contributed by atoms with van der Waals surface area (Å²) in [5.41, 5.74) is 22.3. The second-order valence-corrected chi connectivity index (χ2v) is 34.6. The molecule has 126 heavy (non-hydrogen) atoms. The van der Waals surface area contributed by atoms with Gasteiger partial charge in [0, 0.05) is 14.7 Å². The average molecular weight is 1860 g/mol. The van der Waals surface area contributed by atoms with Gasteiger partial charge in [0.25, 0.3) is 56.7 Å². The smallest absolute Gasteiger partial charge is 0.426 e. The molecule has 1 fully saturated rings. The van der Waals surface area contributed by atoms with Crippen molar-refractivity contribution in [3.63, 3.8) is 0 Å². The van der Waals surface area contributed by atoms with Gasteiger partial charge in [-0.05, 0) is 260 Å². The lowest BCUT2D eigenvalue weighted by atomic mass is 9.74. The van der Waals surface area contributed by atoms with Gasteiger partial charge in [0.2, 0.25) is 5.43 Å². The summed E-state index contributed by atoms with van der Waals surface area (Å²) in [4.78, 5) is 128. The van der Waals surface area contributed by atoms with Gasteiger partial charge in [-0.15, -0.1) is 0 Å². The number of hydrogen-bond acceptors (Lipinski definition) is 25. The number of aryl methyl sites for hydroxylation is 5. The van der Waals surface area contributed by atoms with Crippen LogP contribution in [0.15, 0.2) is 98.3 Å². The van der Waals surface area contributed by atoms with Crippen LogP contribution >= 0.6 is 22.6 Å². The van der Waals surface area contributed by atoms with E-state index in [4.69, 9.17) is 50.2 Å². The lowest BCUT2D eigenvalue weighted by Gasteiger charge is -2.25. The Hall–Kier alpha value is -11.9. The van der Waals surface area contributed by atoms with Crippen LogP contribution in [0.3, 0.4) is 0 Å². The van der Waals surface area contributed by atoms with Gasteiger partial charge in [0.15, 0.2) is 11.5 Å². The molecule has 2 aromatic heterocycles. The third-order valence-corrected chi connectivity index (χ3v) is 22.5. The van der Waals surface area contributed by atoms with Crippen LogP contribution in [0.5, 0.6) is 11.5 Å². The summed E-state index contributed by atoms with van der Waals surface area (Å²) < 4.78 is 106. The van der Waals surface area contributed by atoms with Crippen LogP contribution in [0.2, 0.25) is 20.5 Å². The van der Waals surface area contributed by atoms with Crippen LogP contribution < -0.4 is 108 Å². The van der Waals surface area contributed by atoms with Crippen LogP contribution in [-0.4, -0.2) is 65.1 Å². The highest BCUT2D eigenvalue weighted by molar-refractivity contribution is 14.1. The monoisotopic (exact) mass is 1860 g/mol. The maximum atomic E-state index is 14.9. The first-order valence-corrected chi connectivity index (χ1v) is 41.0. The van der Waals surface area contributed by atoms with Crippen molar-refractivity contribution in [3.05, 3.63) is 256 Å². The van der Waals surface area contributed by atoms with Gasteiger partial charge in [-0.25, -0.2) is 22.0 Å². The summed E-state index contributed by atoms with van der Waals surface area (Å²) in [6.45, 7) is 38.5. The molecule has 10 aromatic rings. The van der Waals surface area contributed by atoms with Gasteiger partial charge in [-0.3, -0.25) is 52.7 Å². The van der Waals surface area contributed by atoms with Crippen molar-refractivity contribution in [2.24, 2.45) is 5.73 Å². The molecule has 8 aromatic carbocycles. The molecule has 0 saturated carbocycles. The van der Waals surface area contributed by atoms with Gasteiger partial charge in [0.05, 0.1) is 110 Å². The number of methoxy groups -OCH3 is 2. The molecule has 16 N–H and O–H groups in total. The minimum atomic E-state index is -0.798. The van der Waals surface area contributed by atoms with Crippen LogP contribution in [0, 0.1) is 74.2 Å². The molecule has 5 amide bonds. The zero-order valence-electron chi connectivity index (χ0n) is 74.0. The molecule has 0 radical (unpaired) electrons. The molecule has 0 aliphatic carbocycles. The topological polar surface area (TPSA) is 461 Å². The summed E-state index contributed by atoms with van der Waals surface area (Å²) in [6, 6.07) is 15.4. The van der Waals surface area contributed by atoms with E-state index in [-0.39, 0.29) is 136 Å². The van der Waals surface area contributed by atoms with Crippen LogP contribution in [0.4, 0.5) is 67.5 Å². The number of nitrogens with two attached hydrogens (primary N) is 4. The number of furan rings is 2. The number of ether oxygens (including phenoxy) is 2. The first kappa shape index (κ1) is 97.9. The zero-order chi connectivity index (χ0) is 94.5. The number of nitrogens with one attached hydrogen (secondary N) is 8. The number of rotatable bonds is 12. The van der Waals surface area contributed by atoms with Crippen molar-refractivity contribution >= 4 is 119 Å². The predicted octanol–water partition coefficient (Wildman–Crippen LogP) is 12.5. The molecule has 668 valence electrons. The maximum absolute atomic E-state index is 14.9. The molecule has 6 aliphatic heterocycles. The molecule has 30 nitrogen and oxygen atoms in total. The highest BCUT2D eigenvalue weighted by Gasteiger charge is 2.45. The molecule has 2 atom stereocenters. The number of carbonyl (C=O) groups is 5. The third kappa shape index (κ3) is 19.5. The number of halogens is 6. The normalized spacial score (nSPS) is 16.1. The molecule has 1 saturated heterocycles. The van der Waals surface area contributed by atoms with E-state index in [2.05, 4.69) is 47.3 Å². The van der Waals surface area contributed by atoms with Crippen molar-refractivity contribution < 1.29 is 77.9 Å². The number of benzene rings is 5. The largest absolute Gasteiger partial charge is 0.492 e. The molecular formula is C87H101B3F5IN12O18. The summed E-state index contributed by atoms with van der Waals surface area (Å²) in [7, 11) is 2.22. The minimum Gasteiger partial charge on any atom is -0.492 e. The van der Waals surface area contributed by atoms with E-state index in [9.17, 15) is 74.7 Å². The van der Waals surface area contributed by atoms with E-state index in [1.165, 1.54) is 44.6 Å². The van der Waals surface area contributed by atoms with Gasteiger partial charge in [0.1, 0.15) is 69.2 Å². The second kappa shape index (κ2) is 37.3. The third-order valence-electron chi connectivity index (χ3n) is 21.7. The Morgan fingerprint density at radius 3 is 1.18 bits per heavy atom. The predicted molar refractivity (Wildman–Crippen MR) is 482 cm³/mol. The molecule has 0 bridgehead atoms. The second-order valence-electron chi connectivity index (χ2n) is 33.4. The Balaban J connectivity index is 0.000000169. The van der Waals surface area contributed by atoms with Crippen molar-refractivity contribution in [3.8, 4) is 11.5 Å². The number of carbonyl (C=O) groups excluding carboxylic acids is 5. The molecular weight excluding hydrogens is 1760 g/mol. The molecule has 6 aliphatic rings. The number of fused-ring (bicyclic) bond motifs is 5. The van der Waals surface area contributed by atoms with Crippen LogP contribution in [0.1, 0.15) is 233 Å². The SMILES string of the molecule is CB1OB(C)OB(C)O1.CC1(C)NC(=O)c2c(N)c(F)cc(I)c21.CC1(C)NC(=O)c2c1ccc(F)c2N.CC[C@@H](N)c1ccc(C)o1.CC[C@@H](Nc1c(Nc2c(F)cc(C)c3c2C(=O)NC3(C)C)c(=O)c1=O)c1ccc(C)o1.COc1c(C)c(=O)c1=O.COc1c(Nc2c(F)cc(C)c3c2C(=O)NC3(C)C)c(=O)c1=O.Cc1cc(F)c(N)c2c1C(C)(C)NC2=O. The Morgan fingerprint density at radius 2 is 0.770 bits per heavy atom. The number of nitrogen functional groups attached to an aromatic ring is 3. The van der Waals surface area contributed by atoms with Crippen LogP contribution in [0.25, 0.3) is 0 Å². The van der Waals surface area contributed by atoms with E-state index in [0.717, 1.165) is 49.5 Å². The summed E-state index contributed by atoms with van der Waals surface area (Å²) in [5.74, 6) is -1.51. The Bertz CT molecular complexity index is 6130. The molecule has 0 spiro atoms. The van der Waals surface area contributed by atoms with E-state index in [1.807, 2.05) is 158 Å². The fraction of sp³-hybridized carbons (Fsp3) is 0.368. The fourth-order valence-corrected chi connectivity index (χ4v) is 17.1. The van der Waals surface area contributed by atoms with E-state index in [0.29, 0.717) is 40.0 Å². The molecule has 16 rings (SSSR count). The summed E-state index contributed by atoms with van der Waals surface area (Å²) >= 11 is 2.02. The first-order valence-electron chi connectivity index (χ1n) is 39.9. The Kier molecular flexibility index (Phi) is 29.0. The number of anilines is 8. The molecule has 0 unspecified atom stereocenters.